The molecule has 6 nitrogen and oxygen atoms in total. The minimum Gasteiger partial charge on any atom is -0.452 e. The summed E-state index contributed by atoms with van der Waals surface area (Å²) in [6.45, 7) is 3.34. The third-order valence-electron chi connectivity index (χ3n) is 3.89. The summed E-state index contributed by atoms with van der Waals surface area (Å²) in [5.74, 6) is -1.97. The molecular weight excluding hydrogens is 332 g/mol. The normalized spacial score (nSPS) is 12.5. The Balaban J connectivity index is 1.87. The van der Waals surface area contributed by atoms with Gasteiger partial charge in [0.05, 0.1) is 5.92 Å². The number of ether oxygens (including phenoxy) is 1. The molecule has 26 heavy (non-hydrogen) atoms. The summed E-state index contributed by atoms with van der Waals surface area (Å²) in [6.07, 6.45) is -0.474. The second-order valence-corrected chi connectivity index (χ2v) is 5.76. The highest BCUT2D eigenvalue weighted by molar-refractivity contribution is 5.95. The number of nitrogens with one attached hydrogen (secondary N) is 2. The van der Waals surface area contributed by atoms with Gasteiger partial charge < -0.3 is 4.74 Å². The lowest BCUT2D eigenvalue weighted by molar-refractivity contribution is -0.156. The number of benzene rings is 2. The van der Waals surface area contributed by atoms with Crippen molar-refractivity contribution in [2.24, 2.45) is 0 Å². The number of esters is 1. The monoisotopic (exact) mass is 354 g/mol. The molecule has 0 heterocycles. The summed E-state index contributed by atoms with van der Waals surface area (Å²) < 4.78 is 5.26. The number of rotatable bonds is 6. The van der Waals surface area contributed by atoms with Crippen LogP contribution in [0.4, 0.5) is 0 Å². The van der Waals surface area contributed by atoms with Gasteiger partial charge in [-0.2, -0.15) is 0 Å². The molecule has 2 N–H and O–H groups in total. The van der Waals surface area contributed by atoms with Crippen molar-refractivity contribution in [1.29, 1.82) is 0 Å². The molecule has 0 aliphatic heterocycles. The Morgan fingerprint density at radius 2 is 1.50 bits per heavy atom. The smallest absolute Gasteiger partial charge is 0.314 e. The number of carbonyl (C=O) groups is 3. The molecule has 136 valence electrons. The standard InChI is InChI=1S/C20H22N2O4/c1-3-17(15-10-6-4-7-11-15)20(25)26-14(2)18(23)21-22-19(24)16-12-8-5-9-13-16/h4-14,17H,3H2,1-2H3,(H,21,23)(H,22,24)/t14-,17-/m0/s1. The van der Waals surface area contributed by atoms with E-state index in [1.165, 1.54) is 6.92 Å². The van der Waals surface area contributed by atoms with Gasteiger partial charge in [-0.1, -0.05) is 55.5 Å². The maximum atomic E-state index is 12.4. The lowest BCUT2D eigenvalue weighted by atomic mass is 9.97. The van der Waals surface area contributed by atoms with E-state index in [4.69, 9.17) is 4.74 Å². The van der Waals surface area contributed by atoms with Crippen molar-refractivity contribution in [1.82, 2.24) is 10.9 Å². The van der Waals surface area contributed by atoms with Crippen LogP contribution in [0.25, 0.3) is 0 Å². The fourth-order valence-electron chi connectivity index (χ4n) is 2.42. The summed E-state index contributed by atoms with van der Waals surface area (Å²) >= 11 is 0. The van der Waals surface area contributed by atoms with E-state index in [-0.39, 0.29) is 0 Å². The zero-order valence-electron chi connectivity index (χ0n) is 14.8. The first-order valence-corrected chi connectivity index (χ1v) is 8.43. The first kappa shape index (κ1) is 19.2. The first-order chi connectivity index (χ1) is 12.5. The molecule has 0 bridgehead atoms. The molecule has 2 amide bonds. The molecule has 0 saturated heterocycles. The van der Waals surface area contributed by atoms with Gasteiger partial charge in [0.25, 0.3) is 11.8 Å². The molecule has 0 aromatic heterocycles. The van der Waals surface area contributed by atoms with Crippen LogP contribution in [0.3, 0.4) is 0 Å². The Hall–Kier alpha value is -3.15. The molecule has 2 aromatic rings. The lowest BCUT2D eigenvalue weighted by Gasteiger charge is -2.18. The molecule has 0 radical (unpaired) electrons. The van der Waals surface area contributed by atoms with Crippen LogP contribution in [0.2, 0.25) is 0 Å². The second kappa shape index (κ2) is 9.36. The van der Waals surface area contributed by atoms with E-state index < -0.39 is 29.8 Å². The largest absolute Gasteiger partial charge is 0.452 e. The lowest BCUT2D eigenvalue weighted by Crippen LogP contribution is -2.47. The summed E-state index contributed by atoms with van der Waals surface area (Å²) in [7, 11) is 0. The van der Waals surface area contributed by atoms with E-state index in [0.29, 0.717) is 12.0 Å². The van der Waals surface area contributed by atoms with Crippen LogP contribution < -0.4 is 10.9 Å². The van der Waals surface area contributed by atoms with Crippen LogP contribution in [-0.2, 0) is 14.3 Å². The van der Waals surface area contributed by atoms with Gasteiger partial charge in [-0.3, -0.25) is 25.2 Å². The highest BCUT2D eigenvalue weighted by atomic mass is 16.5. The van der Waals surface area contributed by atoms with Gasteiger partial charge in [-0.15, -0.1) is 0 Å². The summed E-state index contributed by atoms with van der Waals surface area (Å²) in [4.78, 5) is 36.3. The minimum atomic E-state index is -1.03. The first-order valence-electron chi connectivity index (χ1n) is 8.43. The molecule has 0 unspecified atom stereocenters. The Kier molecular flexibility index (Phi) is 6.91. The SMILES string of the molecule is CC[C@H](C(=O)O[C@@H](C)C(=O)NNC(=O)c1ccccc1)c1ccccc1. The van der Waals surface area contributed by atoms with Gasteiger partial charge >= 0.3 is 5.97 Å². The molecule has 6 heteroatoms. The Morgan fingerprint density at radius 3 is 2.08 bits per heavy atom. The highest BCUT2D eigenvalue weighted by Gasteiger charge is 2.25. The third-order valence-corrected chi connectivity index (χ3v) is 3.89. The summed E-state index contributed by atoms with van der Waals surface area (Å²) in [5.41, 5.74) is 5.81. The van der Waals surface area contributed by atoms with Crippen molar-refractivity contribution in [3.8, 4) is 0 Å². The van der Waals surface area contributed by atoms with Crippen molar-refractivity contribution < 1.29 is 19.1 Å². The summed E-state index contributed by atoms with van der Waals surface area (Å²) in [6, 6.07) is 17.7. The maximum absolute atomic E-state index is 12.4. The predicted octanol–water partition coefficient (Wildman–Crippen LogP) is 2.57. The molecule has 2 aromatic carbocycles. The second-order valence-electron chi connectivity index (χ2n) is 5.76. The number of carbonyl (C=O) groups excluding carboxylic acids is 3. The molecule has 2 atom stereocenters. The van der Waals surface area contributed by atoms with E-state index >= 15 is 0 Å². The molecule has 2 rings (SSSR count). The van der Waals surface area contributed by atoms with Crippen LogP contribution in [0, 0.1) is 0 Å². The van der Waals surface area contributed by atoms with Gasteiger partial charge in [0.15, 0.2) is 6.10 Å². The average Bonchev–Trinajstić information content (AvgIpc) is 2.67. The molecule has 0 aliphatic carbocycles. The third kappa shape index (κ3) is 5.17. The van der Waals surface area contributed by atoms with Gasteiger partial charge in [-0.25, -0.2) is 0 Å². The number of hydrogen-bond acceptors (Lipinski definition) is 4. The molecule has 0 saturated carbocycles. The Labute approximate surface area is 152 Å². The summed E-state index contributed by atoms with van der Waals surface area (Å²) in [5, 5.41) is 0. The van der Waals surface area contributed by atoms with Crippen molar-refractivity contribution in [2.45, 2.75) is 32.3 Å². The van der Waals surface area contributed by atoms with Crippen LogP contribution >= 0.6 is 0 Å². The Bertz CT molecular complexity index is 747. The van der Waals surface area contributed by atoms with Gasteiger partial charge in [0, 0.05) is 5.56 Å². The van der Waals surface area contributed by atoms with Crippen molar-refractivity contribution in [3.05, 3.63) is 71.8 Å². The number of hydrogen-bond donors (Lipinski definition) is 2. The van der Waals surface area contributed by atoms with Gasteiger partial charge in [0.2, 0.25) is 0 Å². The molecule has 0 spiro atoms. The molecular formula is C20H22N2O4. The number of amides is 2. The van der Waals surface area contributed by atoms with E-state index in [2.05, 4.69) is 10.9 Å². The van der Waals surface area contributed by atoms with Crippen LogP contribution in [0.15, 0.2) is 60.7 Å². The van der Waals surface area contributed by atoms with Crippen LogP contribution in [-0.4, -0.2) is 23.9 Å². The molecule has 0 aliphatic rings. The van der Waals surface area contributed by atoms with E-state index in [9.17, 15) is 14.4 Å². The zero-order valence-corrected chi connectivity index (χ0v) is 14.8. The zero-order chi connectivity index (χ0) is 18.9. The van der Waals surface area contributed by atoms with Gasteiger partial charge in [-0.05, 0) is 31.0 Å². The van der Waals surface area contributed by atoms with Crippen LogP contribution in [0.1, 0.15) is 42.1 Å². The van der Waals surface area contributed by atoms with Gasteiger partial charge in [0.1, 0.15) is 0 Å². The topological polar surface area (TPSA) is 84.5 Å². The quantitative estimate of drug-likeness (QED) is 0.617. The Morgan fingerprint density at radius 1 is 0.923 bits per heavy atom. The fraction of sp³-hybridized carbons (Fsp3) is 0.250. The predicted molar refractivity (Wildman–Crippen MR) is 97.1 cm³/mol. The molecule has 0 fully saturated rings. The van der Waals surface area contributed by atoms with E-state index in [1.54, 1.807) is 30.3 Å². The minimum absolute atomic E-state index is 0.410. The van der Waals surface area contributed by atoms with Crippen molar-refractivity contribution in [2.75, 3.05) is 0 Å². The number of hydrazine groups is 1. The fourth-order valence-corrected chi connectivity index (χ4v) is 2.42. The van der Waals surface area contributed by atoms with Crippen LogP contribution in [0.5, 0.6) is 0 Å². The maximum Gasteiger partial charge on any atom is 0.314 e. The van der Waals surface area contributed by atoms with Crippen molar-refractivity contribution >= 4 is 17.8 Å². The highest BCUT2D eigenvalue weighted by Crippen LogP contribution is 2.21. The van der Waals surface area contributed by atoms with Crippen molar-refractivity contribution in [3.63, 3.8) is 0 Å². The van der Waals surface area contributed by atoms with E-state index in [0.717, 1.165) is 5.56 Å². The van der Waals surface area contributed by atoms with E-state index in [1.807, 2.05) is 37.3 Å². The average molecular weight is 354 g/mol.